The monoisotopic (exact) mass is 466 g/mol. The van der Waals surface area contributed by atoms with Crippen molar-refractivity contribution in [1.29, 1.82) is 0 Å². The average Bonchev–Trinajstić information content (AvgIpc) is 3.19. The summed E-state index contributed by atoms with van der Waals surface area (Å²) < 4.78 is 2.09. The van der Waals surface area contributed by atoms with Gasteiger partial charge in [0.2, 0.25) is 5.91 Å². The van der Waals surface area contributed by atoms with E-state index in [-0.39, 0.29) is 11.8 Å². The molecule has 6 nitrogen and oxygen atoms in total. The Morgan fingerprint density at radius 2 is 1.70 bits per heavy atom. The third-order valence-electron chi connectivity index (χ3n) is 6.20. The number of amides is 2. The number of carbonyl (C=O) groups is 2. The van der Waals surface area contributed by atoms with Gasteiger partial charge in [-0.25, -0.2) is 4.98 Å². The minimum Gasteiger partial charge on any atom is -0.352 e. The van der Waals surface area contributed by atoms with Gasteiger partial charge < -0.3 is 14.8 Å². The summed E-state index contributed by atoms with van der Waals surface area (Å²) in [5, 5.41) is 3.58. The summed E-state index contributed by atoms with van der Waals surface area (Å²) in [6.45, 7) is 2.71. The van der Waals surface area contributed by atoms with Gasteiger partial charge in [-0.2, -0.15) is 0 Å². The molecule has 1 aromatic heterocycles. The second-order valence-electron chi connectivity index (χ2n) is 8.62. The third kappa shape index (κ3) is 6.14. The van der Waals surface area contributed by atoms with E-state index >= 15 is 0 Å². The molecule has 1 saturated heterocycles. The van der Waals surface area contributed by atoms with E-state index in [0.29, 0.717) is 23.7 Å². The maximum absolute atomic E-state index is 12.9. The van der Waals surface area contributed by atoms with E-state index in [4.69, 9.17) is 16.6 Å². The Morgan fingerprint density at radius 3 is 2.48 bits per heavy atom. The van der Waals surface area contributed by atoms with E-state index in [1.165, 1.54) is 6.42 Å². The highest BCUT2D eigenvalue weighted by molar-refractivity contribution is 6.30. The fourth-order valence-electron chi connectivity index (χ4n) is 4.36. The van der Waals surface area contributed by atoms with E-state index < -0.39 is 0 Å². The van der Waals surface area contributed by atoms with Gasteiger partial charge in [-0.1, -0.05) is 30.2 Å². The van der Waals surface area contributed by atoms with Gasteiger partial charge in [0.15, 0.2) is 0 Å². The first-order valence-electron chi connectivity index (χ1n) is 11.9. The van der Waals surface area contributed by atoms with Crippen molar-refractivity contribution in [3.8, 4) is 0 Å². The highest BCUT2D eigenvalue weighted by Gasteiger charge is 2.19. The third-order valence-corrected chi connectivity index (χ3v) is 6.46. The van der Waals surface area contributed by atoms with Crippen LogP contribution in [0.15, 0.2) is 48.5 Å². The smallest absolute Gasteiger partial charge is 0.251 e. The number of unbranched alkanes of at least 4 members (excludes halogenated alkanes) is 2. The molecular weight excluding hydrogens is 436 g/mol. The van der Waals surface area contributed by atoms with Crippen LogP contribution in [-0.4, -0.2) is 45.9 Å². The van der Waals surface area contributed by atoms with Crippen molar-refractivity contribution in [2.24, 2.45) is 0 Å². The second kappa shape index (κ2) is 11.3. The molecule has 1 N–H and O–H groups in total. The zero-order valence-electron chi connectivity index (χ0n) is 18.9. The van der Waals surface area contributed by atoms with E-state index in [1.807, 2.05) is 29.2 Å². The summed E-state index contributed by atoms with van der Waals surface area (Å²) in [5.74, 6) is 1.07. The first-order valence-corrected chi connectivity index (χ1v) is 12.3. The van der Waals surface area contributed by atoms with Crippen LogP contribution in [0.1, 0.15) is 54.7 Å². The first kappa shape index (κ1) is 23.3. The predicted molar refractivity (Wildman–Crippen MR) is 132 cm³/mol. The van der Waals surface area contributed by atoms with Gasteiger partial charge in [0, 0.05) is 36.6 Å². The number of piperidine rings is 1. The highest BCUT2D eigenvalue weighted by atomic mass is 35.5. The van der Waals surface area contributed by atoms with Gasteiger partial charge in [0.1, 0.15) is 12.4 Å². The highest BCUT2D eigenvalue weighted by Crippen LogP contribution is 2.19. The first-order chi connectivity index (χ1) is 16.1. The predicted octanol–water partition coefficient (Wildman–Crippen LogP) is 4.85. The fraction of sp³-hybridized carbons (Fsp3) is 0.423. The Labute approximate surface area is 199 Å². The quantitative estimate of drug-likeness (QED) is 0.458. The molecule has 0 spiro atoms. The average molecular weight is 467 g/mol. The number of aromatic nitrogens is 2. The molecule has 3 aromatic rings. The number of nitrogens with one attached hydrogen (secondary N) is 1. The molecule has 1 aliphatic rings. The van der Waals surface area contributed by atoms with E-state index in [1.54, 1.807) is 24.3 Å². The number of fused-ring (bicyclic) bond motifs is 1. The van der Waals surface area contributed by atoms with Crippen molar-refractivity contribution < 1.29 is 9.59 Å². The van der Waals surface area contributed by atoms with Gasteiger partial charge in [-0.15, -0.1) is 0 Å². The number of para-hydroxylation sites is 2. The lowest BCUT2D eigenvalue weighted by Gasteiger charge is -2.27. The molecule has 1 aliphatic heterocycles. The zero-order valence-corrected chi connectivity index (χ0v) is 19.7. The van der Waals surface area contributed by atoms with Crippen LogP contribution in [-0.2, 0) is 17.8 Å². The van der Waals surface area contributed by atoms with Crippen LogP contribution < -0.4 is 5.32 Å². The van der Waals surface area contributed by atoms with E-state index in [2.05, 4.69) is 9.88 Å². The Morgan fingerprint density at radius 1 is 0.939 bits per heavy atom. The zero-order chi connectivity index (χ0) is 23.0. The normalized spacial score (nSPS) is 13.9. The van der Waals surface area contributed by atoms with Crippen LogP contribution >= 0.6 is 11.6 Å². The van der Waals surface area contributed by atoms with Crippen molar-refractivity contribution in [1.82, 2.24) is 19.8 Å². The maximum atomic E-state index is 12.9. The minimum absolute atomic E-state index is 0.0790. The van der Waals surface area contributed by atoms with Crippen molar-refractivity contribution in [3.05, 3.63) is 64.9 Å². The van der Waals surface area contributed by atoms with Gasteiger partial charge >= 0.3 is 0 Å². The molecule has 0 unspecified atom stereocenters. The SMILES string of the molecule is O=C(NCCCCCc1nc2ccccc2n1CC(=O)N1CCCCC1)c1ccc(Cl)cc1. The lowest BCUT2D eigenvalue weighted by Crippen LogP contribution is -2.38. The number of hydrogen-bond acceptors (Lipinski definition) is 3. The Bertz CT molecular complexity index is 1090. The summed E-state index contributed by atoms with van der Waals surface area (Å²) in [4.78, 5) is 31.9. The molecule has 2 aromatic carbocycles. The van der Waals surface area contributed by atoms with Crippen LogP contribution in [0.5, 0.6) is 0 Å². The number of carbonyl (C=O) groups excluding carboxylic acids is 2. The van der Waals surface area contributed by atoms with Crippen molar-refractivity contribution in [3.63, 3.8) is 0 Å². The lowest BCUT2D eigenvalue weighted by molar-refractivity contribution is -0.132. The largest absolute Gasteiger partial charge is 0.352 e. The number of rotatable bonds is 9. The van der Waals surface area contributed by atoms with Crippen LogP contribution in [0.3, 0.4) is 0 Å². The summed E-state index contributed by atoms with van der Waals surface area (Å²) in [6.07, 6.45) is 7.04. The van der Waals surface area contributed by atoms with Gasteiger partial charge in [-0.3, -0.25) is 9.59 Å². The van der Waals surface area contributed by atoms with Gasteiger partial charge in [-0.05, 0) is 68.5 Å². The molecule has 174 valence electrons. The number of aryl methyl sites for hydroxylation is 1. The summed E-state index contributed by atoms with van der Waals surface area (Å²) in [5.41, 5.74) is 2.58. The van der Waals surface area contributed by atoms with Gasteiger partial charge in [0.25, 0.3) is 5.91 Å². The Hall–Kier alpha value is -2.86. The standard InChI is InChI=1S/C26H31ClN4O2/c27-21-14-12-20(13-15-21)26(33)28-16-6-1-3-11-24-29-22-9-4-5-10-23(22)31(24)19-25(32)30-17-7-2-8-18-30/h4-5,9-10,12-15H,1-3,6-8,11,16-19H2,(H,28,33). The molecule has 0 radical (unpaired) electrons. The molecule has 0 atom stereocenters. The van der Waals surface area contributed by atoms with Crippen molar-refractivity contribution in [2.45, 2.75) is 51.5 Å². The maximum Gasteiger partial charge on any atom is 0.251 e. The van der Waals surface area contributed by atoms with Crippen LogP contribution in [0.2, 0.25) is 5.02 Å². The topological polar surface area (TPSA) is 67.2 Å². The molecule has 4 rings (SSSR count). The number of imidazole rings is 1. The lowest BCUT2D eigenvalue weighted by atomic mass is 10.1. The number of likely N-dealkylation sites (tertiary alicyclic amines) is 1. The van der Waals surface area contributed by atoms with Crippen molar-refractivity contribution >= 4 is 34.4 Å². The fourth-order valence-corrected chi connectivity index (χ4v) is 4.49. The molecule has 2 amide bonds. The molecule has 33 heavy (non-hydrogen) atoms. The minimum atomic E-state index is -0.0790. The summed E-state index contributed by atoms with van der Waals surface area (Å²) in [6, 6.07) is 14.9. The Balaban J connectivity index is 1.29. The molecule has 0 saturated carbocycles. The molecular formula is C26H31ClN4O2. The Kier molecular flexibility index (Phi) is 8.00. The molecule has 0 aliphatic carbocycles. The van der Waals surface area contributed by atoms with Crippen LogP contribution in [0.25, 0.3) is 11.0 Å². The second-order valence-corrected chi connectivity index (χ2v) is 9.05. The number of nitrogens with zero attached hydrogens (tertiary/aromatic N) is 3. The summed E-state index contributed by atoms with van der Waals surface area (Å²) in [7, 11) is 0. The molecule has 1 fully saturated rings. The van der Waals surface area contributed by atoms with Crippen LogP contribution in [0.4, 0.5) is 0 Å². The van der Waals surface area contributed by atoms with E-state index in [0.717, 1.165) is 68.5 Å². The number of halogens is 1. The van der Waals surface area contributed by atoms with Gasteiger partial charge in [0.05, 0.1) is 11.0 Å². The molecule has 0 bridgehead atoms. The molecule has 7 heteroatoms. The summed E-state index contributed by atoms with van der Waals surface area (Å²) >= 11 is 5.87. The number of benzene rings is 2. The van der Waals surface area contributed by atoms with Crippen LogP contribution in [0, 0.1) is 0 Å². The van der Waals surface area contributed by atoms with E-state index in [9.17, 15) is 9.59 Å². The van der Waals surface area contributed by atoms with Crippen molar-refractivity contribution in [2.75, 3.05) is 19.6 Å². The molecule has 2 heterocycles. The number of hydrogen-bond donors (Lipinski definition) is 1.